The molecule has 0 spiro atoms. The maximum absolute atomic E-state index is 14.3. The van der Waals surface area contributed by atoms with E-state index in [-0.39, 0.29) is 11.5 Å². The lowest BCUT2D eigenvalue weighted by atomic mass is 9.92. The standard InChI is InChI=1S/C26H33FN4O3/c1-18-6-7-20(16-29-18)17-30-26(11-12-26)25(33)28-13-8-19-9-14-31(15-10-19)22-5-3-4-21(27)23(22)24(32)34-2/h3-7,16,19,30H,8-15,17H2,1-2H3,(H,28,33). The molecule has 2 fully saturated rings. The van der Waals surface area contributed by atoms with Crippen molar-refractivity contribution >= 4 is 17.6 Å². The Morgan fingerprint density at radius 3 is 2.62 bits per heavy atom. The zero-order valence-corrected chi connectivity index (χ0v) is 19.9. The van der Waals surface area contributed by atoms with Gasteiger partial charge < -0.3 is 15.0 Å². The Labute approximate surface area is 200 Å². The number of piperidine rings is 1. The number of esters is 1. The molecule has 182 valence electrons. The van der Waals surface area contributed by atoms with Gasteiger partial charge in [-0.1, -0.05) is 12.1 Å². The van der Waals surface area contributed by atoms with Crippen LogP contribution in [0.3, 0.4) is 0 Å². The van der Waals surface area contributed by atoms with Crippen molar-refractivity contribution in [2.24, 2.45) is 5.92 Å². The van der Waals surface area contributed by atoms with Gasteiger partial charge in [-0.3, -0.25) is 15.1 Å². The average molecular weight is 469 g/mol. The Kier molecular flexibility index (Phi) is 7.46. The van der Waals surface area contributed by atoms with Crippen molar-refractivity contribution in [1.29, 1.82) is 0 Å². The smallest absolute Gasteiger partial charge is 0.342 e. The number of nitrogens with zero attached hydrogens (tertiary/aromatic N) is 2. The average Bonchev–Trinajstić information content (AvgIpc) is 3.65. The van der Waals surface area contributed by atoms with Crippen molar-refractivity contribution in [3.05, 3.63) is 59.2 Å². The van der Waals surface area contributed by atoms with Crippen LogP contribution in [-0.2, 0) is 16.1 Å². The fourth-order valence-electron chi connectivity index (χ4n) is 4.59. The number of pyridine rings is 1. The van der Waals surface area contributed by atoms with Crippen LogP contribution in [0.15, 0.2) is 36.5 Å². The van der Waals surface area contributed by atoms with E-state index < -0.39 is 17.3 Å². The lowest BCUT2D eigenvalue weighted by Gasteiger charge is -2.34. The Morgan fingerprint density at radius 2 is 1.97 bits per heavy atom. The molecule has 1 aromatic carbocycles. The maximum Gasteiger partial charge on any atom is 0.342 e. The normalized spacial score (nSPS) is 17.3. The van der Waals surface area contributed by atoms with E-state index in [0.717, 1.165) is 56.5 Å². The summed E-state index contributed by atoms with van der Waals surface area (Å²) >= 11 is 0. The Bertz CT molecular complexity index is 1020. The van der Waals surface area contributed by atoms with Gasteiger partial charge in [-0.2, -0.15) is 0 Å². The topological polar surface area (TPSA) is 83.6 Å². The largest absolute Gasteiger partial charge is 0.465 e. The summed E-state index contributed by atoms with van der Waals surface area (Å²) in [5.74, 6) is -0.657. The molecule has 8 heteroatoms. The number of aryl methyl sites for hydroxylation is 1. The number of rotatable bonds is 9. The summed E-state index contributed by atoms with van der Waals surface area (Å²) in [6, 6.07) is 8.69. The number of halogens is 1. The second-order valence-corrected chi connectivity index (χ2v) is 9.34. The summed E-state index contributed by atoms with van der Waals surface area (Å²) in [6.07, 6.45) is 6.32. The molecular weight excluding hydrogens is 435 g/mol. The third-order valence-electron chi connectivity index (χ3n) is 6.96. The molecule has 0 bridgehead atoms. The molecule has 1 amide bonds. The summed E-state index contributed by atoms with van der Waals surface area (Å²) in [6.45, 7) is 4.71. The lowest BCUT2D eigenvalue weighted by molar-refractivity contribution is -0.124. The summed E-state index contributed by atoms with van der Waals surface area (Å²) in [4.78, 5) is 31.2. The van der Waals surface area contributed by atoms with Gasteiger partial charge >= 0.3 is 5.97 Å². The predicted octanol–water partition coefficient (Wildman–Crippen LogP) is 3.36. The third kappa shape index (κ3) is 5.55. The minimum Gasteiger partial charge on any atom is -0.465 e. The maximum atomic E-state index is 14.3. The second kappa shape index (κ2) is 10.5. The van der Waals surface area contributed by atoms with Gasteiger partial charge in [0.15, 0.2) is 0 Å². The number of methoxy groups -OCH3 is 1. The van der Waals surface area contributed by atoms with Crippen molar-refractivity contribution in [2.75, 3.05) is 31.6 Å². The monoisotopic (exact) mass is 468 g/mol. The summed E-state index contributed by atoms with van der Waals surface area (Å²) in [7, 11) is 1.26. The number of aromatic nitrogens is 1. The van der Waals surface area contributed by atoms with E-state index in [0.29, 0.717) is 24.7 Å². The highest BCUT2D eigenvalue weighted by Gasteiger charge is 2.49. The molecule has 2 aromatic rings. The highest BCUT2D eigenvalue weighted by molar-refractivity contribution is 5.96. The van der Waals surface area contributed by atoms with Gasteiger partial charge in [-0.15, -0.1) is 0 Å². The van der Waals surface area contributed by atoms with Crippen LogP contribution in [0, 0.1) is 18.7 Å². The van der Waals surface area contributed by atoms with Crippen molar-refractivity contribution in [3.8, 4) is 0 Å². The van der Waals surface area contributed by atoms with Gasteiger partial charge in [-0.25, -0.2) is 9.18 Å². The van der Waals surface area contributed by atoms with E-state index in [1.54, 1.807) is 12.1 Å². The van der Waals surface area contributed by atoms with Crippen LogP contribution in [0.1, 0.15) is 53.7 Å². The molecule has 0 atom stereocenters. The first kappa shape index (κ1) is 24.1. The quantitative estimate of drug-likeness (QED) is 0.549. The predicted molar refractivity (Wildman–Crippen MR) is 128 cm³/mol. The molecular formula is C26H33FN4O3. The van der Waals surface area contributed by atoms with Gasteiger partial charge in [0.1, 0.15) is 11.4 Å². The molecule has 1 saturated carbocycles. The van der Waals surface area contributed by atoms with Crippen molar-refractivity contribution in [2.45, 2.75) is 51.1 Å². The molecule has 2 N–H and O–H groups in total. The Morgan fingerprint density at radius 1 is 1.21 bits per heavy atom. The van der Waals surface area contributed by atoms with E-state index >= 15 is 0 Å². The summed E-state index contributed by atoms with van der Waals surface area (Å²) in [5, 5.41) is 6.53. The SMILES string of the molecule is COC(=O)c1c(F)cccc1N1CCC(CCNC(=O)C2(NCc3ccc(C)nc3)CC2)CC1. The zero-order valence-electron chi connectivity index (χ0n) is 19.9. The highest BCUT2D eigenvalue weighted by Crippen LogP contribution is 2.36. The number of benzene rings is 1. The summed E-state index contributed by atoms with van der Waals surface area (Å²) in [5.41, 5.74) is 2.19. The summed E-state index contributed by atoms with van der Waals surface area (Å²) < 4.78 is 19.0. The number of carbonyl (C=O) groups is 2. The molecule has 2 heterocycles. The number of ether oxygens (including phenoxy) is 1. The van der Waals surface area contributed by atoms with E-state index in [1.807, 2.05) is 30.2 Å². The van der Waals surface area contributed by atoms with Crippen molar-refractivity contribution in [1.82, 2.24) is 15.6 Å². The van der Waals surface area contributed by atoms with Gasteiger partial charge in [0.25, 0.3) is 0 Å². The van der Waals surface area contributed by atoms with E-state index in [1.165, 1.54) is 13.2 Å². The van der Waals surface area contributed by atoms with Gasteiger partial charge in [0, 0.05) is 38.1 Å². The van der Waals surface area contributed by atoms with Crippen LogP contribution in [0.25, 0.3) is 0 Å². The van der Waals surface area contributed by atoms with Crippen molar-refractivity contribution in [3.63, 3.8) is 0 Å². The fraction of sp³-hybridized carbons (Fsp3) is 0.500. The number of carbonyl (C=O) groups excluding carboxylic acids is 2. The number of hydrogen-bond acceptors (Lipinski definition) is 6. The molecule has 7 nitrogen and oxygen atoms in total. The number of amides is 1. The van der Waals surface area contributed by atoms with Gasteiger partial charge in [0.2, 0.25) is 5.91 Å². The first-order chi connectivity index (χ1) is 16.4. The first-order valence-electron chi connectivity index (χ1n) is 12.0. The van der Waals surface area contributed by atoms with Crippen molar-refractivity contribution < 1.29 is 18.7 Å². The van der Waals surface area contributed by atoms with Crippen LogP contribution in [0.5, 0.6) is 0 Å². The van der Waals surface area contributed by atoms with Crippen LogP contribution in [0.2, 0.25) is 0 Å². The number of anilines is 1. The molecule has 0 unspecified atom stereocenters. The fourth-order valence-corrected chi connectivity index (χ4v) is 4.59. The Balaban J connectivity index is 1.21. The third-order valence-corrected chi connectivity index (χ3v) is 6.96. The minimum atomic E-state index is -0.654. The van der Waals surface area contributed by atoms with E-state index in [4.69, 9.17) is 4.74 Å². The Hall–Kier alpha value is -3.00. The number of nitrogens with one attached hydrogen (secondary N) is 2. The molecule has 1 aliphatic carbocycles. The highest BCUT2D eigenvalue weighted by atomic mass is 19.1. The molecule has 0 radical (unpaired) electrons. The molecule has 1 saturated heterocycles. The molecule has 34 heavy (non-hydrogen) atoms. The van der Waals surface area contributed by atoms with Crippen LogP contribution < -0.4 is 15.5 Å². The van der Waals surface area contributed by atoms with Gasteiger partial charge in [-0.05, 0) is 68.7 Å². The van der Waals surface area contributed by atoms with Crippen LogP contribution in [-0.4, -0.2) is 49.1 Å². The second-order valence-electron chi connectivity index (χ2n) is 9.34. The first-order valence-corrected chi connectivity index (χ1v) is 12.0. The van der Waals surface area contributed by atoms with Gasteiger partial charge in [0.05, 0.1) is 18.3 Å². The molecule has 1 aromatic heterocycles. The number of hydrogen-bond donors (Lipinski definition) is 2. The molecule has 1 aliphatic heterocycles. The molecule has 4 rings (SSSR count). The minimum absolute atomic E-state index is 0.000590. The lowest BCUT2D eigenvalue weighted by Crippen LogP contribution is -2.46. The molecule has 2 aliphatic rings. The van der Waals surface area contributed by atoms with E-state index in [2.05, 4.69) is 15.6 Å². The van der Waals surface area contributed by atoms with Crippen LogP contribution >= 0.6 is 0 Å². The zero-order chi connectivity index (χ0) is 24.1. The van der Waals surface area contributed by atoms with Crippen LogP contribution in [0.4, 0.5) is 10.1 Å². The van der Waals surface area contributed by atoms with E-state index in [9.17, 15) is 14.0 Å².